The van der Waals surface area contributed by atoms with Crippen molar-refractivity contribution in [3.05, 3.63) is 56.7 Å². The fourth-order valence-electron chi connectivity index (χ4n) is 1.75. The van der Waals surface area contributed by atoms with Gasteiger partial charge in [-0.1, -0.05) is 15.9 Å². The summed E-state index contributed by atoms with van der Waals surface area (Å²) in [6.07, 6.45) is 2.99. The van der Waals surface area contributed by atoms with Crippen molar-refractivity contribution in [2.24, 2.45) is 0 Å². The fourth-order valence-corrected chi connectivity index (χ4v) is 3.30. The van der Waals surface area contributed by atoms with Crippen molar-refractivity contribution in [2.45, 2.75) is 6.92 Å². The second-order valence-corrected chi connectivity index (χ2v) is 6.33. The summed E-state index contributed by atoms with van der Waals surface area (Å²) < 4.78 is 7.12. The van der Waals surface area contributed by atoms with Crippen LogP contribution in [0, 0.1) is 6.92 Å². The van der Waals surface area contributed by atoms with Gasteiger partial charge >= 0.3 is 0 Å². The largest absolute Gasteiger partial charge is 0.482 e. The lowest BCUT2D eigenvalue weighted by molar-refractivity contribution is -0.123. The predicted molar refractivity (Wildman–Crippen MR) is 91.9 cm³/mol. The number of aromatic nitrogens is 1. The van der Waals surface area contributed by atoms with Crippen molar-refractivity contribution in [1.29, 1.82) is 0 Å². The van der Waals surface area contributed by atoms with Crippen LogP contribution in [0.4, 0.5) is 0 Å². The molecule has 1 aromatic heterocycles. The third-order valence-corrected chi connectivity index (χ3v) is 3.85. The quantitative estimate of drug-likeness (QED) is 0.713. The molecule has 1 heterocycles. The monoisotopic (exact) mass is 441 g/mol. The Labute approximate surface area is 149 Å². The molecular weight excluding hydrogens is 430 g/mol. The van der Waals surface area contributed by atoms with E-state index in [-0.39, 0.29) is 6.61 Å². The van der Waals surface area contributed by atoms with Gasteiger partial charge in [-0.25, -0.2) is 0 Å². The van der Waals surface area contributed by atoms with Gasteiger partial charge < -0.3 is 4.74 Å². The molecule has 2 aromatic rings. The zero-order valence-corrected chi connectivity index (χ0v) is 15.3. The number of nitrogens with one attached hydrogen (secondary N) is 2. The zero-order chi connectivity index (χ0) is 16.8. The molecule has 0 saturated carbocycles. The number of nitrogens with zero attached hydrogens (tertiary/aromatic N) is 1. The highest BCUT2D eigenvalue weighted by molar-refractivity contribution is 9.11. The van der Waals surface area contributed by atoms with Gasteiger partial charge in [-0.2, -0.15) is 0 Å². The first-order valence-corrected chi connectivity index (χ1v) is 8.13. The van der Waals surface area contributed by atoms with Crippen molar-refractivity contribution >= 4 is 43.7 Å². The van der Waals surface area contributed by atoms with Crippen molar-refractivity contribution < 1.29 is 14.3 Å². The summed E-state index contributed by atoms with van der Waals surface area (Å²) in [6.45, 7) is 1.64. The molecule has 0 radical (unpaired) electrons. The second-order valence-electron chi connectivity index (χ2n) is 4.56. The molecule has 120 valence electrons. The topological polar surface area (TPSA) is 80.3 Å². The highest BCUT2D eigenvalue weighted by atomic mass is 79.9. The Morgan fingerprint density at radius 1 is 1.17 bits per heavy atom. The van der Waals surface area contributed by atoms with Crippen LogP contribution >= 0.6 is 31.9 Å². The van der Waals surface area contributed by atoms with Crippen LogP contribution in [0.15, 0.2) is 45.6 Å². The van der Waals surface area contributed by atoms with Crippen LogP contribution in [0.1, 0.15) is 15.9 Å². The van der Waals surface area contributed by atoms with E-state index >= 15 is 0 Å². The first-order chi connectivity index (χ1) is 11.0. The Morgan fingerprint density at radius 2 is 1.87 bits per heavy atom. The van der Waals surface area contributed by atoms with Gasteiger partial charge in [0.25, 0.3) is 11.8 Å². The van der Waals surface area contributed by atoms with Crippen LogP contribution in [0.25, 0.3) is 0 Å². The number of ether oxygens (including phenoxy) is 1. The standard InChI is InChI=1S/C15H13Br2N3O3/c1-9-6-11(16)7-12(17)14(9)23-8-13(21)19-20-15(22)10-2-4-18-5-3-10/h2-7H,8H2,1H3,(H,19,21)(H,20,22). The lowest BCUT2D eigenvalue weighted by Gasteiger charge is -2.12. The number of hydrazine groups is 1. The lowest BCUT2D eigenvalue weighted by Crippen LogP contribution is -2.43. The van der Waals surface area contributed by atoms with Gasteiger partial charge in [-0.15, -0.1) is 0 Å². The maximum Gasteiger partial charge on any atom is 0.276 e. The van der Waals surface area contributed by atoms with Gasteiger partial charge in [0.1, 0.15) is 5.75 Å². The summed E-state index contributed by atoms with van der Waals surface area (Å²) in [4.78, 5) is 27.3. The van der Waals surface area contributed by atoms with E-state index in [4.69, 9.17) is 4.74 Å². The molecule has 0 atom stereocenters. The minimum absolute atomic E-state index is 0.225. The fraction of sp³-hybridized carbons (Fsp3) is 0.133. The van der Waals surface area contributed by atoms with E-state index in [0.717, 1.165) is 14.5 Å². The van der Waals surface area contributed by atoms with Crippen molar-refractivity contribution in [3.8, 4) is 5.75 Å². The molecular formula is C15H13Br2N3O3. The van der Waals surface area contributed by atoms with Crippen LogP contribution in [0.2, 0.25) is 0 Å². The Kier molecular flexibility index (Phi) is 6.12. The van der Waals surface area contributed by atoms with Crippen molar-refractivity contribution in [1.82, 2.24) is 15.8 Å². The Morgan fingerprint density at radius 3 is 2.52 bits per heavy atom. The number of benzene rings is 1. The van der Waals surface area contributed by atoms with E-state index < -0.39 is 11.8 Å². The zero-order valence-electron chi connectivity index (χ0n) is 12.1. The van der Waals surface area contributed by atoms with Gasteiger partial charge in [0.2, 0.25) is 0 Å². The number of aryl methyl sites for hydroxylation is 1. The summed E-state index contributed by atoms with van der Waals surface area (Å²) in [7, 11) is 0. The molecule has 0 aliphatic carbocycles. The minimum atomic E-state index is -0.471. The number of rotatable bonds is 4. The maximum atomic E-state index is 11.8. The Hall–Kier alpha value is -1.93. The number of hydrogen-bond acceptors (Lipinski definition) is 4. The molecule has 23 heavy (non-hydrogen) atoms. The Balaban J connectivity index is 1.85. The third kappa shape index (κ3) is 5.04. The summed E-state index contributed by atoms with van der Waals surface area (Å²) in [5.74, 6) is -0.327. The van der Waals surface area contributed by atoms with Crippen molar-refractivity contribution in [3.63, 3.8) is 0 Å². The highest BCUT2D eigenvalue weighted by Gasteiger charge is 2.11. The van der Waals surface area contributed by atoms with E-state index in [1.54, 1.807) is 12.1 Å². The van der Waals surface area contributed by atoms with Gasteiger partial charge in [0.05, 0.1) is 4.47 Å². The lowest BCUT2D eigenvalue weighted by atomic mass is 10.2. The van der Waals surface area contributed by atoms with E-state index in [1.807, 2.05) is 19.1 Å². The molecule has 0 aliphatic heterocycles. The Bertz CT molecular complexity index is 700. The van der Waals surface area contributed by atoms with E-state index in [2.05, 4.69) is 47.7 Å². The smallest absolute Gasteiger partial charge is 0.276 e. The predicted octanol–water partition coefficient (Wildman–Crippen LogP) is 2.76. The number of halogens is 2. The van der Waals surface area contributed by atoms with Crippen LogP contribution in [-0.2, 0) is 4.79 Å². The van der Waals surface area contributed by atoms with Crippen LogP contribution in [-0.4, -0.2) is 23.4 Å². The minimum Gasteiger partial charge on any atom is -0.482 e. The molecule has 2 amide bonds. The SMILES string of the molecule is Cc1cc(Br)cc(Br)c1OCC(=O)NNC(=O)c1ccncc1. The van der Waals surface area contributed by atoms with Crippen molar-refractivity contribution in [2.75, 3.05) is 6.61 Å². The first-order valence-electron chi connectivity index (χ1n) is 6.55. The number of amides is 2. The van der Waals surface area contributed by atoms with Crippen LogP contribution in [0.5, 0.6) is 5.75 Å². The van der Waals surface area contributed by atoms with E-state index in [1.165, 1.54) is 12.4 Å². The summed E-state index contributed by atoms with van der Waals surface area (Å²) in [5, 5.41) is 0. The molecule has 1 aromatic carbocycles. The molecule has 2 rings (SSSR count). The molecule has 0 aliphatic rings. The first kappa shape index (κ1) is 17.4. The molecule has 0 saturated heterocycles. The van der Waals surface area contributed by atoms with E-state index in [9.17, 15) is 9.59 Å². The van der Waals surface area contributed by atoms with Gasteiger partial charge in [-0.3, -0.25) is 25.4 Å². The molecule has 8 heteroatoms. The summed E-state index contributed by atoms with van der Waals surface area (Å²) >= 11 is 6.75. The van der Waals surface area contributed by atoms with Gasteiger partial charge in [0.15, 0.2) is 6.61 Å². The maximum absolute atomic E-state index is 11.8. The molecule has 0 unspecified atom stereocenters. The highest BCUT2D eigenvalue weighted by Crippen LogP contribution is 2.32. The summed E-state index contributed by atoms with van der Waals surface area (Å²) in [5.41, 5.74) is 5.87. The number of carbonyl (C=O) groups excluding carboxylic acids is 2. The molecule has 0 spiro atoms. The number of pyridine rings is 1. The molecule has 0 bridgehead atoms. The number of hydrogen-bond donors (Lipinski definition) is 2. The average molecular weight is 443 g/mol. The third-order valence-electron chi connectivity index (χ3n) is 2.80. The normalized spacial score (nSPS) is 10.0. The van der Waals surface area contributed by atoms with Crippen LogP contribution in [0.3, 0.4) is 0 Å². The molecule has 0 fully saturated rings. The molecule has 2 N–H and O–H groups in total. The summed E-state index contributed by atoms with van der Waals surface area (Å²) in [6, 6.07) is 6.79. The van der Waals surface area contributed by atoms with Gasteiger partial charge in [-0.05, 0) is 52.7 Å². The van der Waals surface area contributed by atoms with Gasteiger partial charge in [0, 0.05) is 22.4 Å². The number of carbonyl (C=O) groups is 2. The van der Waals surface area contributed by atoms with E-state index in [0.29, 0.717) is 11.3 Å². The molecule has 6 nitrogen and oxygen atoms in total. The van der Waals surface area contributed by atoms with Crippen LogP contribution < -0.4 is 15.6 Å². The average Bonchev–Trinajstić information content (AvgIpc) is 2.52. The second kappa shape index (κ2) is 8.07.